The van der Waals surface area contributed by atoms with Gasteiger partial charge in [-0.2, -0.15) is 5.10 Å². The predicted octanol–water partition coefficient (Wildman–Crippen LogP) is 2.87. The lowest BCUT2D eigenvalue weighted by Crippen LogP contribution is -2.38. The van der Waals surface area contributed by atoms with Gasteiger partial charge >= 0.3 is 6.03 Å². The van der Waals surface area contributed by atoms with Crippen molar-refractivity contribution < 1.29 is 4.79 Å². The van der Waals surface area contributed by atoms with Crippen LogP contribution in [0.1, 0.15) is 24.2 Å². The molecule has 0 aliphatic rings. The Morgan fingerprint density at radius 3 is 2.64 bits per heavy atom. The van der Waals surface area contributed by atoms with Crippen molar-refractivity contribution in [2.45, 2.75) is 19.4 Å². The summed E-state index contributed by atoms with van der Waals surface area (Å²) >= 11 is 0. The molecule has 128 valence electrons. The molecule has 1 unspecified atom stereocenters. The van der Waals surface area contributed by atoms with Crippen LogP contribution in [0.25, 0.3) is 5.69 Å². The monoisotopic (exact) mass is 335 g/mol. The third-order valence-electron chi connectivity index (χ3n) is 3.89. The normalized spacial score (nSPS) is 11.7. The Bertz CT molecular complexity index is 801. The Balaban J connectivity index is 1.45. The second kappa shape index (κ2) is 8.10. The number of hydrogen-bond acceptors (Lipinski definition) is 3. The molecule has 0 bridgehead atoms. The molecule has 6 nitrogen and oxygen atoms in total. The van der Waals surface area contributed by atoms with Crippen LogP contribution in [0.2, 0.25) is 0 Å². The highest BCUT2D eigenvalue weighted by molar-refractivity contribution is 5.74. The van der Waals surface area contributed by atoms with Gasteiger partial charge in [0.2, 0.25) is 0 Å². The molecule has 2 N–H and O–H groups in total. The van der Waals surface area contributed by atoms with E-state index in [-0.39, 0.29) is 12.1 Å². The third kappa shape index (κ3) is 4.67. The number of hydrogen-bond donors (Lipinski definition) is 2. The Morgan fingerprint density at radius 1 is 1.12 bits per heavy atom. The topological polar surface area (TPSA) is 71.8 Å². The Morgan fingerprint density at radius 2 is 1.88 bits per heavy atom. The number of carbonyl (C=O) groups is 1. The van der Waals surface area contributed by atoms with E-state index in [1.54, 1.807) is 12.4 Å². The zero-order valence-corrected chi connectivity index (χ0v) is 14.1. The predicted molar refractivity (Wildman–Crippen MR) is 96.5 cm³/mol. The summed E-state index contributed by atoms with van der Waals surface area (Å²) in [4.78, 5) is 16.0. The molecule has 2 heterocycles. The van der Waals surface area contributed by atoms with E-state index in [9.17, 15) is 4.79 Å². The van der Waals surface area contributed by atoms with Crippen molar-refractivity contribution in [1.82, 2.24) is 25.4 Å². The van der Waals surface area contributed by atoms with Gasteiger partial charge in [-0.1, -0.05) is 18.2 Å². The Labute approximate surface area is 146 Å². The minimum absolute atomic E-state index is 0.0692. The number of amides is 2. The summed E-state index contributed by atoms with van der Waals surface area (Å²) in [5.74, 6) is 0. The summed E-state index contributed by atoms with van der Waals surface area (Å²) in [7, 11) is 0. The van der Waals surface area contributed by atoms with E-state index in [2.05, 4.69) is 20.7 Å². The number of pyridine rings is 1. The van der Waals surface area contributed by atoms with E-state index >= 15 is 0 Å². The first-order valence-electron chi connectivity index (χ1n) is 8.26. The van der Waals surface area contributed by atoms with Gasteiger partial charge in [0, 0.05) is 31.6 Å². The van der Waals surface area contributed by atoms with Crippen LogP contribution in [0, 0.1) is 0 Å². The second-order valence-electron chi connectivity index (χ2n) is 5.74. The van der Waals surface area contributed by atoms with Crippen molar-refractivity contribution in [1.29, 1.82) is 0 Å². The molecular formula is C19H21N5O. The fourth-order valence-corrected chi connectivity index (χ4v) is 2.51. The number of para-hydroxylation sites is 1. The quantitative estimate of drug-likeness (QED) is 0.727. The van der Waals surface area contributed by atoms with E-state index < -0.39 is 0 Å². The molecule has 1 aromatic carbocycles. The summed E-state index contributed by atoms with van der Waals surface area (Å²) < 4.78 is 1.83. The number of rotatable bonds is 6. The van der Waals surface area contributed by atoms with Crippen LogP contribution >= 0.6 is 0 Å². The number of benzene rings is 1. The molecule has 0 fully saturated rings. The average molecular weight is 335 g/mol. The van der Waals surface area contributed by atoms with Crippen LogP contribution in [0.4, 0.5) is 4.79 Å². The summed E-state index contributed by atoms with van der Waals surface area (Å²) in [5, 5.41) is 10.3. The second-order valence-corrected chi connectivity index (χ2v) is 5.74. The number of nitrogens with one attached hydrogen (secondary N) is 2. The fraction of sp³-hybridized carbons (Fsp3) is 0.211. The van der Waals surface area contributed by atoms with E-state index in [1.165, 1.54) is 0 Å². The molecule has 3 rings (SSSR count). The van der Waals surface area contributed by atoms with Crippen molar-refractivity contribution in [3.05, 3.63) is 78.4 Å². The van der Waals surface area contributed by atoms with Crippen LogP contribution in [0.3, 0.4) is 0 Å². The first-order valence-corrected chi connectivity index (χ1v) is 8.26. The van der Waals surface area contributed by atoms with Crippen LogP contribution in [0.15, 0.2) is 67.1 Å². The lowest BCUT2D eigenvalue weighted by molar-refractivity contribution is 0.238. The van der Waals surface area contributed by atoms with Gasteiger partial charge in [-0.15, -0.1) is 0 Å². The lowest BCUT2D eigenvalue weighted by Gasteiger charge is -2.14. The third-order valence-corrected chi connectivity index (χ3v) is 3.89. The standard InChI is InChI=1S/C19H21N5O/c1-15(16-7-11-20-12-8-16)22-19(25)21-13-9-17-10-14-24(23-17)18-5-3-2-4-6-18/h2-8,10-12,14-15H,9,13H2,1H3,(H2,21,22,25). The van der Waals surface area contributed by atoms with Gasteiger partial charge in [0.05, 0.1) is 17.4 Å². The van der Waals surface area contributed by atoms with Gasteiger partial charge < -0.3 is 10.6 Å². The minimum atomic E-state index is -0.188. The van der Waals surface area contributed by atoms with Crippen molar-refractivity contribution in [2.24, 2.45) is 0 Å². The highest BCUT2D eigenvalue weighted by atomic mass is 16.2. The maximum absolute atomic E-state index is 12.0. The molecule has 25 heavy (non-hydrogen) atoms. The SMILES string of the molecule is CC(NC(=O)NCCc1ccn(-c2ccccc2)n1)c1ccncc1. The molecule has 0 radical (unpaired) electrons. The summed E-state index contributed by atoms with van der Waals surface area (Å²) in [5.41, 5.74) is 2.98. The van der Waals surface area contributed by atoms with Crippen molar-refractivity contribution in [2.75, 3.05) is 6.54 Å². The molecule has 0 aliphatic heterocycles. The molecule has 2 amide bonds. The van der Waals surface area contributed by atoms with Crippen molar-refractivity contribution >= 4 is 6.03 Å². The zero-order chi connectivity index (χ0) is 17.5. The molecule has 0 aliphatic carbocycles. The largest absolute Gasteiger partial charge is 0.338 e. The molecule has 1 atom stereocenters. The molecule has 0 saturated carbocycles. The first kappa shape index (κ1) is 16.7. The molecule has 3 aromatic rings. The summed E-state index contributed by atoms with van der Waals surface area (Å²) in [6, 6.07) is 15.4. The van der Waals surface area contributed by atoms with Gasteiger partial charge in [0.1, 0.15) is 0 Å². The Hall–Kier alpha value is -3.15. The molecular weight excluding hydrogens is 314 g/mol. The average Bonchev–Trinajstić information content (AvgIpc) is 3.12. The number of urea groups is 1. The van der Waals surface area contributed by atoms with E-state index in [1.807, 2.05) is 66.3 Å². The van der Waals surface area contributed by atoms with E-state index in [4.69, 9.17) is 0 Å². The van der Waals surface area contributed by atoms with Gasteiger partial charge in [0.25, 0.3) is 0 Å². The van der Waals surface area contributed by atoms with Crippen LogP contribution in [0.5, 0.6) is 0 Å². The van der Waals surface area contributed by atoms with Gasteiger partial charge in [-0.05, 0) is 42.8 Å². The Kier molecular flexibility index (Phi) is 5.41. The van der Waals surface area contributed by atoms with Crippen LogP contribution < -0.4 is 10.6 Å². The lowest BCUT2D eigenvalue weighted by atomic mass is 10.1. The van der Waals surface area contributed by atoms with E-state index in [0.717, 1.165) is 16.9 Å². The minimum Gasteiger partial charge on any atom is -0.338 e. The number of carbonyl (C=O) groups excluding carboxylic acids is 1. The summed E-state index contributed by atoms with van der Waals surface area (Å²) in [6.07, 6.45) is 6.04. The molecule has 0 spiro atoms. The van der Waals surface area contributed by atoms with Crippen LogP contribution in [-0.4, -0.2) is 27.3 Å². The van der Waals surface area contributed by atoms with Crippen molar-refractivity contribution in [3.8, 4) is 5.69 Å². The van der Waals surface area contributed by atoms with Crippen molar-refractivity contribution in [3.63, 3.8) is 0 Å². The van der Waals surface area contributed by atoms with Crippen LogP contribution in [-0.2, 0) is 6.42 Å². The smallest absolute Gasteiger partial charge is 0.315 e. The number of aromatic nitrogens is 3. The molecule has 0 saturated heterocycles. The highest BCUT2D eigenvalue weighted by Gasteiger charge is 2.09. The summed E-state index contributed by atoms with van der Waals surface area (Å²) in [6.45, 7) is 2.47. The molecule has 6 heteroatoms. The first-order chi connectivity index (χ1) is 12.2. The highest BCUT2D eigenvalue weighted by Crippen LogP contribution is 2.10. The fourth-order valence-electron chi connectivity index (χ4n) is 2.51. The van der Waals surface area contributed by atoms with Gasteiger partial charge in [-0.3, -0.25) is 4.98 Å². The molecule has 2 aromatic heterocycles. The van der Waals surface area contributed by atoms with E-state index in [0.29, 0.717) is 13.0 Å². The zero-order valence-electron chi connectivity index (χ0n) is 14.1. The maximum Gasteiger partial charge on any atom is 0.315 e. The van der Waals surface area contributed by atoms with Gasteiger partial charge in [0.15, 0.2) is 0 Å². The number of nitrogens with zero attached hydrogens (tertiary/aromatic N) is 3. The van der Waals surface area contributed by atoms with Gasteiger partial charge in [-0.25, -0.2) is 9.48 Å². The maximum atomic E-state index is 12.0.